The molecule has 0 amide bonds. The molecule has 0 saturated carbocycles. The Hall–Kier alpha value is -9.20. The van der Waals surface area contributed by atoms with Crippen molar-refractivity contribution in [2.45, 2.75) is 52.4 Å². The number of rotatable bonds is 6. The molecule has 0 aliphatic heterocycles. The van der Waals surface area contributed by atoms with Crippen LogP contribution in [0, 0.1) is 0 Å². The fourth-order valence-corrected chi connectivity index (χ4v) is 11.7. The summed E-state index contributed by atoms with van der Waals surface area (Å²) < 4.78 is 35.4. The molecule has 7 heteroatoms. The van der Waals surface area contributed by atoms with E-state index in [1.54, 1.807) is 0 Å². The molecule has 10 aromatic carbocycles. The highest BCUT2D eigenvalue weighted by molar-refractivity contribution is 6.35. The maximum atomic E-state index is 7.40. The number of para-hydroxylation sites is 6. The number of hydrogen-bond donors (Lipinski definition) is 0. The van der Waals surface area contributed by atoms with Gasteiger partial charge in [0.15, 0.2) is 16.7 Å². The quantitative estimate of drug-likeness (QED) is 0.164. The summed E-state index contributed by atoms with van der Waals surface area (Å²) in [5.41, 5.74) is 15.3. The third kappa shape index (κ3) is 6.47. The summed E-state index contributed by atoms with van der Waals surface area (Å²) in [6, 6.07) is 68.0. The van der Waals surface area contributed by atoms with Crippen molar-refractivity contribution in [3.8, 4) is 0 Å². The lowest BCUT2D eigenvalue weighted by Crippen LogP contribution is -2.13. The van der Waals surface area contributed by atoms with Crippen LogP contribution in [0.25, 0.3) is 110 Å². The van der Waals surface area contributed by atoms with Crippen molar-refractivity contribution in [1.29, 1.82) is 0 Å². The normalized spacial score (nSPS) is 12.7. The minimum atomic E-state index is -0.0494. The van der Waals surface area contributed by atoms with E-state index in [9.17, 15) is 0 Å². The lowest BCUT2D eigenvalue weighted by molar-refractivity contribution is 0.590. The molecule has 0 radical (unpaired) electrons. The van der Waals surface area contributed by atoms with Crippen LogP contribution in [0.4, 0.5) is 34.1 Å². The van der Waals surface area contributed by atoms with Gasteiger partial charge < -0.3 is 31.9 Å². The Bertz CT molecular complexity index is 4800. The molecule has 0 bridgehead atoms. The van der Waals surface area contributed by atoms with E-state index in [2.05, 4.69) is 203 Å². The van der Waals surface area contributed by atoms with E-state index in [-0.39, 0.29) is 10.8 Å². The highest BCUT2D eigenvalue weighted by atomic mass is 16.4. The summed E-state index contributed by atoms with van der Waals surface area (Å²) >= 11 is 0. The average Bonchev–Trinajstić information content (AvgIpc) is 4.27. The van der Waals surface area contributed by atoms with Crippen molar-refractivity contribution in [3.05, 3.63) is 205 Å². The number of nitrogens with zero attached hydrogens (tertiary/aromatic N) is 2. The molecule has 0 unspecified atom stereocenters. The average molecular weight is 975 g/mol. The van der Waals surface area contributed by atoms with Gasteiger partial charge in [-0.3, -0.25) is 0 Å². The highest BCUT2D eigenvalue weighted by Gasteiger charge is 2.32. The summed E-state index contributed by atoms with van der Waals surface area (Å²) in [7, 11) is 0. The molecule has 75 heavy (non-hydrogen) atoms. The smallest absolute Gasteiger partial charge is 0.160 e. The zero-order valence-electron chi connectivity index (χ0n) is 42.4. The molecule has 5 heterocycles. The second-order valence-corrected chi connectivity index (χ2v) is 22.0. The van der Waals surface area contributed by atoms with Gasteiger partial charge in [0.25, 0.3) is 0 Å². The van der Waals surface area contributed by atoms with Gasteiger partial charge in [-0.05, 0) is 82.6 Å². The molecule has 0 aliphatic rings. The van der Waals surface area contributed by atoms with Gasteiger partial charge in [0.05, 0.1) is 33.5 Å². The summed E-state index contributed by atoms with van der Waals surface area (Å²) in [6.07, 6.45) is 0. The standard InChI is InChI=1S/C68H50N2O5/c1-67(2,3)39-29-33-41(34-30-39)69(49-23-15-21-45-43-17-7-11-25-53(43)72-63(45)49)51-37-58-62(66-59(51)47-19-9-13-27-55(47)75-66)61-57(71-58)38-52(65-60(61)48-20-10-14-28-56(48)74-65)70(42-35-31-40(32-36-42)68(4,5)6)50-24-16-22-46-44-18-8-12-26-54(44)73-64(46)50/h7-38H,1-6H3. The number of hydrogen-bond acceptors (Lipinski definition) is 7. The van der Waals surface area contributed by atoms with Crippen LogP contribution < -0.4 is 9.80 Å². The van der Waals surface area contributed by atoms with Crippen molar-refractivity contribution >= 4 is 144 Å². The third-order valence-electron chi connectivity index (χ3n) is 15.4. The SMILES string of the molecule is CC(C)(C)c1ccc(N(c2cccc3c2oc2ccccc23)c2cc3oc4cc(N(c5ccc(C(C)(C)C)cc5)c5cccc6c5oc5ccccc56)c5c6ccccc6oc5c4c3c3c2oc2ccccc23)cc1. The predicted octanol–water partition coefficient (Wildman–Crippen LogP) is 20.7. The minimum Gasteiger partial charge on any atom is -0.456 e. The van der Waals surface area contributed by atoms with Crippen molar-refractivity contribution in [2.24, 2.45) is 0 Å². The summed E-state index contributed by atoms with van der Waals surface area (Å²) in [5.74, 6) is 0. The highest BCUT2D eigenvalue weighted by Crippen LogP contribution is 2.54. The van der Waals surface area contributed by atoms with E-state index in [0.717, 1.165) is 127 Å². The van der Waals surface area contributed by atoms with Crippen molar-refractivity contribution in [3.63, 3.8) is 0 Å². The maximum Gasteiger partial charge on any atom is 0.160 e. The molecule has 0 fully saturated rings. The second-order valence-electron chi connectivity index (χ2n) is 22.0. The Morgan fingerprint density at radius 3 is 1.16 bits per heavy atom. The van der Waals surface area contributed by atoms with Crippen LogP contribution in [0.2, 0.25) is 0 Å². The van der Waals surface area contributed by atoms with Crippen LogP contribution in [0.1, 0.15) is 52.7 Å². The first-order valence-corrected chi connectivity index (χ1v) is 25.7. The van der Waals surface area contributed by atoms with Gasteiger partial charge in [-0.15, -0.1) is 0 Å². The fraction of sp³-hybridized carbons (Fsp3) is 0.118. The Balaban J connectivity index is 1.07. The Labute approximate surface area is 431 Å². The zero-order chi connectivity index (χ0) is 50.5. The molecular weight excluding hydrogens is 925 g/mol. The molecule has 0 spiro atoms. The number of anilines is 6. The third-order valence-corrected chi connectivity index (χ3v) is 15.4. The van der Waals surface area contributed by atoms with Gasteiger partial charge in [0.1, 0.15) is 39.1 Å². The Kier molecular flexibility index (Phi) is 9.06. The topological polar surface area (TPSA) is 72.2 Å². The van der Waals surface area contributed by atoms with Crippen LogP contribution in [0.5, 0.6) is 0 Å². The first kappa shape index (κ1) is 43.4. The van der Waals surface area contributed by atoms with Gasteiger partial charge >= 0.3 is 0 Å². The van der Waals surface area contributed by atoms with Crippen molar-refractivity contribution in [2.75, 3.05) is 9.80 Å². The van der Waals surface area contributed by atoms with Crippen molar-refractivity contribution < 1.29 is 22.1 Å². The molecule has 7 nitrogen and oxygen atoms in total. The summed E-state index contributed by atoms with van der Waals surface area (Å²) in [5, 5.41) is 9.81. The summed E-state index contributed by atoms with van der Waals surface area (Å²) in [4.78, 5) is 4.59. The molecule has 0 atom stereocenters. The largest absolute Gasteiger partial charge is 0.456 e. The minimum absolute atomic E-state index is 0.0468. The van der Waals surface area contributed by atoms with E-state index in [0.29, 0.717) is 16.7 Å². The molecule has 0 aliphatic carbocycles. The Morgan fingerprint density at radius 2 is 0.653 bits per heavy atom. The lowest BCUT2D eigenvalue weighted by atomic mass is 9.87. The predicted molar refractivity (Wildman–Crippen MR) is 310 cm³/mol. The number of fused-ring (bicyclic) bond motifs is 17. The Morgan fingerprint density at radius 1 is 0.267 bits per heavy atom. The first-order valence-electron chi connectivity index (χ1n) is 25.7. The van der Waals surface area contributed by atoms with Gasteiger partial charge in [0, 0.05) is 66.6 Å². The van der Waals surface area contributed by atoms with E-state index < -0.39 is 0 Å². The van der Waals surface area contributed by atoms with E-state index >= 15 is 0 Å². The molecule has 5 aromatic heterocycles. The molecule has 0 N–H and O–H groups in total. The monoisotopic (exact) mass is 974 g/mol. The zero-order valence-corrected chi connectivity index (χ0v) is 42.4. The van der Waals surface area contributed by atoms with Gasteiger partial charge in [0.2, 0.25) is 0 Å². The molecule has 362 valence electrons. The fourth-order valence-electron chi connectivity index (χ4n) is 11.7. The lowest BCUT2D eigenvalue weighted by Gasteiger charge is -2.27. The van der Waals surface area contributed by atoms with Crippen LogP contribution in [-0.4, -0.2) is 0 Å². The van der Waals surface area contributed by atoms with E-state index in [4.69, 9.17) is 22.1 Å². The van der Waals surface area contributed by atoms with Gasteiger partial charge in [-0.1, -0.05) is 163 Å². The van der Waals surface area contributed by atoms with Gasteiger partial charge in [-0.2, -0.15) is 0 Å². The van der Waals surface area contributed by atoms with Gasteiger partial charge in [-0.25, -0.2) is 0 Å². The van der Waals surface area contributed by atoms with Crippen LogP contribution in [0.15, 0.2) is 216 Å². The molecule has 0 saturated heterocycles. The molecular formula is C68H50N2O5. The van der Waals surface area contributed by atoms with E-state index in [1.165, 1.54) is 11.1 Å². The first-order chi connectivity index (χ1) is 36.5. The maximum absolute atomic E-state index is 7.40. The molecule has 15 aromatic rings. The number of benzene rings is 10. The molecule has 15 rings (SSSR count). The van der Waals surface area contributed by atoms with E-state index in [1.807, 2.05) is 42.5 Å². The number of furan rings is 5. The van der Waals surface area contributed by atoms with Crippen molar-refractivity contribution in [1.82, 2.24) is 0 Å². The van der Waals surface area contributed by atoms with Crippen LogP contribution in [-0.2, 0) is 10.8 Å². The van der Waals surface area contributed by atoms with Crippen LogP contribution >= 0.6 is 0 Å². The summed E-state index contributed by atoms with van der Waals surface area (Å²) in [6.45, 7) is 13.5. The van der Waals surface area contributed by atoms with Crippen LogP contribution in [0.3, 0.4) is 0 Å². The second kappa shape index (κ2) is 15.7.